The summed E-state index contributed by atoms with van der Waals surface area (Å²) in [5.41, 5.74) is 1.66. The zero-order valence-electron chi connectivity index (χ0n) is 19.2. The highest BCUT2D eigenvalue weighted by atomic mass is 16.5. The zero-order chi connectivity index (χ0) is 25.3. The molecular formula is C23H28N2O9. The molecule has 0 radical (unpaired) electrons. The summed E-state index contributed by atoms with van der Waals surface area (Å²) in [5.74, 6) is -2.09. The summed E-state index contributed by atoms with van der Waals surface area (Å²) < 4.78 is 15.6. The second-order valence-electron chi connectivity index (χ2n) is 7.26. The molecule has 3 rings (SSSR count). The second kappa shape index (κ2) is 12.3. The Kier molecular flexibility index (Phi) is 9.50. The minimum absolute atomic E-state index is 0.00339. The number of amides is 1. The first-order valence-electron chi connectivity index (χ1n) is 10.3. The number of carboxylic acids is 2. The van der Waals surface area contributed by atoms with Gasteiger partial charge in [-0.2, -0.15) is 0 Å². The fourth-order valence-corrected chi connectivity index (χ4v) is 3.32. The van der Waals surface area contributed by atoms with Crippen LogP contribution in [0.5, 0.6) is 23.0 Å². The number of hydrogen-bond donors (Lipinski definition) is 3. The van der Waals surface area contributed by atoms with Gasteiger partial charge in [0.15, 0.2) is 11.5 Å². The first kappa shape index (κ1) is 26.3. The molecule has 11 nitrogen and oxygen atoms in total. The summed E-state index contributed by atoms with van der Waals surface area (Å²) in [6.07, 6.45) is 0. The smallest absolute Gasteiger partial charge is 0.414 e. The Morgan fingerprint density at radius 2 is 1.32 bits per heavy atom. The third kappa shape index (κ3) is 7.01. The maximum atomic E-state index is 12.7. The molecule has 1 saturated heterocycles. The number of nitrogens with zero attached hydrogens (tertiary/aromatic N) is 2. The van der Waals surface area contributed by atoms with Gasteiger partial charge >= 0.3 is 11.9 Å². The van der Waals surface area contributed by atoms with Gasteiger partial charge in [-0.1, -0.05) is 0 Å². The van der Waals surface area contributed by atoms with Crippen LogP contribution in [0.25, 0.3) is 0 Å². The van der Waals surface area contributed by atoms with Crippen LogP contribution in [-0.4, -0.2) is 90.5 Å². The Morgan fingerprint density at radius 3 is 1.74 bits per heavy atom. The maximum Gasteiger partial charge on any atom is 0.414 e. The van der Waals surface area contributed by atoms with E-state index in [0.717, 1.165) is 24.4 Å². The highest BCUT2D eigenvalue weighted by molar-refractivity contribution is 6.27. The summed E-state index contributed by atoms with van der Waals surface area (Å²) in [7, 11) is 4.64. The van der Waals surface area contributed by atoms with Gasteiger partial charge in [0.25, 0.3) is 5.91 Å². The Morgan fingerprint density at radius 1 is 0.824 bits per heavy atom. The van der Waals surface area contributed by atoms with Gasteiger partial charge in [-0.15, -0.1) is 0 Å². The van der Waals surface area contributed by atoms with Gasteiger partial charge in [0.2, 0.25) is 5.75 Å². The number of ether oxygens (including phenoxy) is 3. The lowest BCUT2D eigenvalue weighted by Crippen LogP contribution is -2.48. The van der Waals surface area contributed by atoms with Crippen molar-refractivity contribution >= 4 is 17.8 Å². The molecule has 1 aliphatic rings. The van der Waals surface area contributed by atoms with Crippen molar-refractivity contribution in [1.82, 2.24) is 9.80 Å². The van der Waals surface area contributed by atoms with Crippen LogP contribution in [0, 0.1) is 0 Å². The topological polar surface area (TPSA) is 146 Å². The summed E-state index contributed by atoms with van der Waals surface area (Å²) in [5, 5.41) is 24.8. The largest absolute Gasteiger partial charge is 0.502 e. The molecule has 1 fully saturated rings. The molecule has 2 aromatic rings. The van der Waals surface area contributed by atoms with Gasteiger partial charge in [0.1, 0.15) is 5.75 Å². The van der Waals surface area contributed by atoms with E-state index in [0.29, 0.717) is 36.7 Å². The number of aliphatic carboxylic acids is 2. The Bertz CT molecular complexity index is 963. The molecule has 2 aromatic carbocycles. The third-order valence-electron chi connectivity index (χ3n) is 5.13. The molecule has 0 unspecified atom stereocenters. The average molecular weight is 476 g/mol. The van der Waals surface area contributed by atoms with Crippen LogP contribution in [-0.2, 0) is 16.1 Å². The van der Waals surface area contributed by atoms with E-state index in [-0.39, 0.29) is 11.7 Å². The van der Waals surface area contributed by atoms with E-state index in [9.17, 15) is 9.90 Å². The number of carboxylic acid groups (broad SMARTS) is 2. The molecule has 184 valence electrons. The fraction of sp³-hybridized carbons (Fsp3) is 0.348. The van der Waals surface area contributed by atoms with Crippen molar-refractivity contribution in [2.45, 2.75) is 6.54 Å². The van der Waals surface area contributed by atoms with E-state index in [1.807, 2.05) is 17.0 Å². The fourth-order valence-electron chi connectivity index (χ4n) is 3.32. The summed E-state index contributed by atoms with van der Waals surface area (Å²) in [4.78, 5) is 35.0. The number of benzene rings is 2. The molecule has 0 spiro atoms. The SMILES string of the molecule is COc1ccc(C(=O)N2CCN(Cc3cc(OC)c(O)c(OC)c3)CC2)cc1.O=C(O)C(=O)O. The molecule has 0 bridgehead atoms. The predicted molar refractivity (Wildman–Crippen MR) is 121 cm³/mol. The number of carbonyl (C=O) groups excluding carboxylic acids is 1. The van der Waals surface area contributed by atoms with Crippen molar-refractivity contribution in [2.24, 2.45) is 0 Å². The van der Waals surface area contributed by atoms with Crippen LogP contribution in [0.1, 0.15) is 15.9 Å². The van der Waals surface area contributed by atoms with E-state index < -0.39 is 11.9 Å². The number of rotatable bonds is 6. The lowest BCUT2D eigenvalue weighted by atomic mass is 10.1. The molecule has 11 heteroatoms. The van der Waals surface area contributed by atoms with E-state index in [1.54, 1.807) is 31.4 Å². The van der Waals surface area contributed by atoms with Crippen LogP contribution in [0.3, 0.4) is 0 Å². The lowest BCUT2D eigenvalue weighted by Gasteiger charge is -2.35. The van der Waals surface area contributed by atoms with Crippen molar-refractivity contribution in [3.63, 3.8) is 0 Å². The van der Waals surface area contributed by atoms with Gasteiger partial charge in [-0.05, 0) is 42.0 Å². The number of piperazine rings is 1. The number of aromatic hydroxyl groups is 1. The molecule has 0 aliphatic carbocycles. The lowest BCUT2D eigenvalue weighted by molar-refractivity contribution is -0.159. The first-order chi connectivity index (χ1) is 16.2. The van der Waals surface area contributed by atoms with Crippen LogP contribution in [0.2, 0.25) is 0 Å². The molecule has 34 heavy (non-hydrogen) atoms. The van der Waals surface area contributed by atoms with Gasteiger partial charge in [0.05, 0.1) is 21.3 Å². The number of carbonyl (C=O) groups is 3. The van der Waals surface area contributed by atoms with Crippen molar-refractivity contribution in [2.75, 3.05) is 47.5 Å². The molecule has 0 aromatic heterocycles. The van der Waals surface area contributed by atoms with Crippen LogP contribution < -0.4 is 14.2 Å². The molecule has 1 amide bonds. The minimum atomic E-state index is -1.82. The van der Waals surface area contributed by atoms with Crippen molar-refractivity contribution < 1.29 is 43.9 Å². The van der Waals surface area contributed by atoms with Crippen molar-refractivity contribution in [3.05, 3.63) is 47.5 Å². The molecule has 0 atom stereocenters. The Labute approximate surface area is 196 Å². The molecule has 3 N–H and O–H groups in total. The van der Waals surface area contributed by atoms with Crippen LogP contribution >= 0.6 is 0 Å². The predicted octanol–water partition coefficient (Wildman–Crippen LogP) is 1.53. The van der Waals surface area contributed by atoms with E-state index in [1.165, 1.54) is 14.2 Å². The number of methoxy groups -OCH3 is 3. The summed E-state index contributed by atoms with van der Waals surface area (Å²) in [6, 6.07) is 10.8. The standard InChI is InChI=1S/C21H26N2O5.C2H2O4/c1-26-17-6-4-16(5-7-17)21(25)23-10-8-22(9-11-23)14-15-12-18(27-2)20(24)19(13-15)28-3;3-1(4)2(5)6/h4-7,12-13,24H,8-11,14H2,1-3H3;(H,3,4)(H,5,6). The Hall–Kier alpha value is -3.99. The monoisotopic (exact) mass is 476 g/mol. The van der Waals surface area contributed by atoms with Crippen molar-refractivity contribution in [1.29, 1.82) is 0 Å². The molecule has 0 saturated carbocycles. The summed E-state index contributed by atoms with van der Waals surface area (Å²) >= 11 is 0. The number of phenols is 1. The van der Waals surface area contributed by atoms with Crippen LogP contribution in [0.4, 0.5) is 0 Å². The van der Waals surface area contributed by atoms with Crippen molar-refractivity contribution in [3.8, 4) is 23.0 Å². The molecule has 1 aliphatic heterocycles. The van der Waals surface area contributed by atoms with Gasteiger partial charge in [-0.25, -0.2) is 9.59 Å². The third-order valence-corrected chi connectivity index (χ3v) is 5.13. The van der Waals surface area contributed by atoms with Gasteiger partial charge in [0, 0.05) is 38.3 Å². The second-order valence-corrected chi connectivity index (χ2v) is 7.26. The quantitative estimate of drug-likeness (QED) is 0.525. The number of phenolic OH excluding ortho intramolecular Hbond substituents is 1. The summed E-state index contributed by atoms with van der Waals surface area (Å²) in [6.45, 7) is 3.56. The normalized spacial score (nSPS) is 13.3. The average Bonchev–Trinajstić information content (AvgIpc) is 2.85. The van der Waals surface area contributed by atoms with E-state index in [4.69, 9.17) is 34.0 Å². The van der Waals surface area contributed by atoms with Gasteiger partial charge in [-0.3, -0.25) is 9.69 Å². The Balaban J connectivity index is 0.000000604. The first-order valence-corrected chi connectivity index (χ1v) is 10.3. The maximum absolute atomic E-state index is 12.7. The van der Waals surface area contributed by atoms with E-state index >= 15 is 0 Å². The van der Waals surface area contributed by atoms with Crippen LogP contribution in [0.15, 0.2) is 36.4 Å². The van der Waals surface area contributed by atoms with Gasteiger partial charge < -0.3 is 34.4 Å². The number of hydrogen-bond acceptors (Lipinski definition) is 8. The molecule has 1 heterocycles. The highest BCUT2D eigenvalue weighted by Gasteiger charge is 2.23. The zero-order valence-corrected chi connectivity index (χ0v) is 19.2. The minimum Gasteiger partial charge on any atom is -0.502 e. The molecular weight excluding hydrogens is 448 g/mol. The highest BCUT2D eigenvalue weighted by Crippen LogP contribution is 2.37. The van der Waals surface area contributed by atoms with E-state index in [2.05, 4.69) is 4.90 Å².